The van der Waals surface area contributed by atoms with Gasteiger partial charge < -0.3 is 11.1 Å². The van der Waals surface area contributed by atoms with Crippen LogP contribution in [-0.4, -0.2) is 28.4 Å². The Morgan fingerprint density at radius 2 is 1.76 bits per heavy atom. The van der Waals surface area contributed by atoms with Gasteiger partial charge in [0.2, 0.25) is 11.8 Å². The van der Waals surface area contributed by atoms with Crippen LogP contribution >= 0.6 is 0 Å². The van der Waals surface area contributed by atoms with Gasteiger partial charge >= 0.3 is 0 Å². The van der Waals surface area contributed by atoms with Crippen LogP contribution in [0.15, 0.2) is 60.8 Å². The molecule has 0 aliphatic heterocycles. The quantitative estimate of drug-likeness (QED) is 0.747. The van der Waals surface area contributed by atoms with Crippen LogP contribution in [0, 0.1) is 0 Å². The molecule has 0 aliphatic carbocycles. The molecule has 3 rings (SSSR count). The maximum absolute atomic E-state index is 11.8. The predicted molar refractivity (Wildman–Crippen MR) is 95.3 cm³/mol. The maximum atomic E-state index is 11.8. The molecule has 6 nitrogen and oxygen atoms in total. The third-order valence-electron chi connectivity index (χ3n) is 3.84. The van der Waals surface area contributed by atoms with Crippen LogP contribution in [0.2, 0.25) is 0 Å². The fourth-order valence-corrected chi connectivity index (χ4v) is 2.64. The summed E-state index contributed by atoms with van der Waals surface area (Å²) in [5.41, 5.74) is 8.01. The molecule has 3 N–H and O–H groups in total. The summed E-state index contributed by atoms with van der Waals surface area (Å²) in [6.45, 7) is 0. The number of rotatable bonds is 5. The summed E-state index contributed by atoms with van der Waals surface area (Å²) >= 11 is 0. The average molecular weight is 334 g/mol. The summed E-state index contributed by atoms with van der Waals surface area (Å²) in [6.07, 6.45) is 1.96. The van der Waals surface area contributed by atoms with Crippen molar-refractivity contribution in [2.24, 2.45) is 5.73 Å². The van der Waals surface area contributed by atoms with Crippen LogP contribution in [0.25, 0.3) is 17.1 Å². The number of hydrogen-bond donors (Lipinski definition) is 2. The molecular formula is C19H18N4O2. The zero-order valence-corrected chi connectivity index (χ0v) is 13.8. The Balaban J connectivity index is 2.18. The highest BCUT2D eigenvalue weighted by atomic mass is 16.1. The zero-order valence-electron chi connectivity index (χ0n) is 13.8. The van der Waals surface area contributed by atoms with Gasteiger partial charge in [0, 0.05) is 24.5 Å². The third-order valence-corrected chi connectivity index (χ3v) is 3.84. The van der Waals surface area contributed by atoms with Gasteiger partial charge in [-0.15, -0.1) is 0 Å². The molecule has 0 saturated carbocycles. The Hall–Kier alpha value is -3.41. The molecule has 2 amide bonds. The third kappa shape index (κ3) is 3.42. The lowest BCUT2D eigenvalue weighted by atomic mass is 10.1. The number of benzene rings is 2. The summed E-state index contributed by atoms with van der Waals surface area (Å²) in [7, 11) is 1.58. The topological polar surface area (TPSA) is 90.0 Å². The summed E-state index contributed by atoms with van der Waals surface area (Å²) in [6, 6.07) is 16.7. The van der Waals surface area contributed by atoms with E-state index in [1.807, 2.05) is 41.0 Å². The van der Waals surface area contributed by atoms with Crippen LogP contribution in [0.3, 0.4) is 0 Å². The molecule has 1 heterocycles. The Bertz CT molecular complexity index is 916. The highest BCUT2D eigenvalue weighted by Gasteiger charge is 2.18. The van der Waals surface area contributed by atoms with Gasteiger partial charge in [-0.2, -0.15) is 0 Å². The summed E-state index contributed by atoms with van der Waals surface area (Å²) < 4.78 is 1.86. The number of nitrogens with one attached hydrogen (secondary N) is 1. The van der Waals surface area contributed by atoms with E-state index in [1.165, 1.54) is 0 Å². The minimum absolute atomic E-state index is 0.132. The molecule has 0 saturated heterocycles. The lowest BCUT2D eigenvalue weighted by molar-refractivity contribution is -0.120. The average Bonchev–Trinajstić information content (AvgIpc) is 3.06. The van der Waals surface area contributed by atoms with Crippen molar-refractivity contribution in [2.45, 2.75) is 6.42 Å². The lowest BCUT2D eigenvalue weighted by Gasteiger charge is -2.10. The van der Waals surface area contributed by atoms with Crippen molar-refractivity contribution in [3.8, 4) is 17.1 Å². The minimum atomic E-state index is -0.522. The summed E-state index contributed by atoms with van der Waals surface area (Å²) in [4.78, 5) is 28.1. The van der Waals surface area contributed by atoms with Crippen LogP contribution in [0.4, 0.5) is 0 Å². The smallest absolute Gasteiger partial charge is 0.249 e. The molecule has 0 fully saturated rings. The Morgan fingerprint density at radius 3 is 2.44 bits per heavy atom. The van der Waals surface area contributed by atoms with E-state index in [0.717, 1.165) is 5.69 Å². The van der Waals surface area contributed by atoms with Gasteiger partial charge in [0.25, 0.3) is 0 Å². The largest absolute Gasteiger partial charge is 0.366 e. The molecule has 0 atom stereocenters. The molecule has 6 heteroatoms. The molecule has 1 aromatic heterocycles. The number of amides is 2. The Morgan fingerprint density at radius 1 is 1.08 bits per heavy atom. The van der Waals surface area contributed by atoms with Gasteiger partial charge in [0.1, 0.15) is 5.82 Å². The van der Waals surface area contributed by atoms with Gasteiger partial charge in [0.15, 0.2) is 0 Å². The van der Waals surface area contributed by atoms with Crippen molar-refractivity contribution >= 4 is 11.8 Å². The van der Waals surface area contributed by atoms with E-state index in [9.17, 15) is 9.59 Å². The molecule has 0 unspecified atom stereocenters. The molecule has 25 heavy (non-hydrogen) atoms. The number of para-hydroxylation sites is 1. The molecule has 0 radical (unpaired) electrons. The number of aromatic nitrogens is 2. The first-order valence-corrected chi connectivity index (χ1v) is 7.83. The number of imidazole rings is 1. The number of nitrogens with two attached hydrogens (primary N) is 1. The van der Waals surface area contributed by atoms with E-state index in [0.29, 0.717) is 22.6 Å². The lowest BCUT2D eigenvalue weighted by Crippen LogP contribution is -2.20. The van der Waals surface area contributed by atoms with Crippen molar-refractivity contribution in [1.29, 1.82) is 0 Å². The summed E-state index contributed by atoms with van der Waals surface area (Å²) in [5, 5.41) is 2.59. The number of primary amides is 1. The standard InChI is InChI=1S/C19H18N4O2/c1-21-17(24)11-13-12-23(14-7-3-2-4-8-14)19(22-13)16-10-6-5-9-15(16)18(20)25/h2-10,12H,11H2,1H3,(H2,20,25)(H,21,24). The minimum Gasteiger partial charge on any atom is -0.366 e. The first kappa shape index (κ1) is 16.4. The maximum Gasteiger partial charge on any atom is 0.249 e. The molecular weight excluding hydrogens is 316 g/mol. The molecule has 126 valence electrons. The van der Waals surface area contributed by atoms with Gasteiger partial charge in [-0.25, -0.2) is 4.98 Å². The number of nitrogens with zero attached hydrogens (tertiary/aromatic N) is 2. The highest BCUT2D eigenvalue weighted by Crippen LogP contribution is 2.26. The Labute approximate surface area is 145 Å². The molecule has 0 spiro atoms. The Kier molecular flexibility index (Phi) is 4.61. The number of hydrogen-bond acceptors (Lipinski definition) is 3. The highest BCUT2D eigenvalue weighted by molar-refractivity contribution is 5.99. The van der Waals surface area contributed by atoms with Crippen molar-refractivity contribution in [3.63, 3.8) is 0 Å². The van der Waals surface area contributed by atoms with E-state index in [1.54, 1.807) is 31.4 Å². The molecule has 0 aliphatic rings. The monoisotopic (exact) mass is 334 g/mol. The zero-order chi connectivity index (χ0) is 17.8. The van der Waals surface area contributed by atoms with Crippen LogP contribution in [0.5, 0.6) is 0 Å². The van der Waals surface area contributed by atoms with Crippen molar-refractivity contribution in [2.75, 3.05) is 7.05 Å². The van der Waals surface area contributed by atoms with E-state index in [4.69, 9.17) is 5.73 Å². The van der Waals surface area contributed by atoms with Gasteiger partial charge in [-0.05, 0) is 18.2 Å². The van der Waals surface area contributed by atoms with E-state index < -0.39 is 5.91 Å². The van der Waals surface area contributed by atoms with Crippen LogP contribution in [-0.2, 0) is 11.2 Å². The number of likely N-dealkylation sites (N-methyl/N-ethyl adjacent to an activating group) is 1. The molecule has 0 bridgehead atoms. The van der Waals surface area contributed by atoms with E-state index >= 15 is 0 Å². The van der Waals surface area contributed by atoms with Gasteiger partial charge in [-0.3, -0.25) is 14.2 Å². The van der Waals surface area contributed by atoms with Gasteiger partial charge in [-0.1, -0.05) is 36.4 Å². The second kappa shape index (κ2) is 7.00. The first-order chi connectivity index (χ1) is 12.1. The van der Waals surface area contributed by atoms with Crippen LogP contribution < -0.4 is 11.1 Å². The second-order valence-electron chi connectivity index (χ2n) is 5.52. The van der Waals surface area contributed by atoms with Crippen LogP contribution in [0.1, 0.15) is 16.1 Å². The van der Waals surface area contributed by atoms with Crippen molar-refractivity contribution in [3.05, 3.63) is 72.1 Å². The number of carbonyl (C=O) groups is 2. The fourth-order valence-electron chi connectivity index (χ4n) is 2.64. The SMILES string of the molecule is CNC(=O)Cc1cn(-c2ccccc2)c(-c2ccccc2C(N)=O)n1. The normalized spacial score (nSPS) is 10.4. The van der Waals surface area contributed by atoms with E-state index in [2.05, 4.69) is 10.3 Å². The second-order valence-corrected chi connectivity index (χ2v) is 5.52. The molecule has 2 aromatic carbocycles. The van der Waals surface area contributed by atoms with Crippen molar-refractivity contribution in [1.82, 2.24) is 14.9 Å². The molecule has 3 aromatic rings. The fraction of sp³-hybridized carbons (Fsp3) is 0.105. The van der Waals surface area contributed by atoms with Crippen molar-refractivity contribution < 1.29 is 9.59 Å². The first-order valence-electron chi connectivity index (χ1n) is 7.83. The van der Waals surface area contributed by atoms with E-state index in [-0.39, 0.29) is 12.3 Å². The predicted octanol–water partition coefficient (Wildman–Crippen LogP) is 1.93. The van der Waals surface area contributed by atoms with Gasteiger partial charge in [0.05, 0.1) is 17.7 Å². The summed E-state index contributed by atoms with van der Waals surface area (Å²) in [5.74, 6) is -0.0852. The number of carbonyl (C=O) groups excluding carboxylic acids is 2.